The third-order valence-electron chi connectivity index (χ3n) is 4.22. The van der Waals surface area contributed by atoms with Gasteiger partial charge < -0.3 is 9.64 Å². The van der Waals surface area contributed by atoms with E-state index in [1.54, 1.807) is 48.8 Å². The number of aryl methyl sites for hydroxylation is 1. The normalized spacial score (nSPS) is 11.0. The summed E-state index contributed by atoms with van der Waals surface area (Å²) < 4.78 is 20.4. The van der Waals surface area contributed by atoms with Gasteiger partial charge in [-0.1, -0.05) is 0 Å². The molecule has 0 radical (unpaired) electrons. The number of carbonyl (C=O) groups excluding carboxylic acids is 2. The maximum Gasteiger partial charge on any atom is 0.342 e. The van der Waals surface area contributed by atoms with E-state index in [2.05, 4.69) is 15.2 Å². The second kappa shape index (κ2) is 8.15. The minimum atomic E-state index is -0.576. The summed E-state index contributed by atoms with van der Waals surface area (Å²) in [5.41, 5.74) is 1.60. The lowest BCUT2D eigenvalue weighted by Gasteiger charge is -2.10. The number of aromatic nitrogens is 5. The van der Waals surface area contributed by atoms with E-state index < -0.39 is 12.6 Å². The number of esters is 1. The van der Waals surface area contributed by atoms with Crippen molar-refractivity contribution in [2.45, 2.75) is 13.3 Å². The Balaban J connectivity index is 1.84. The molecule has 0 atom stereocenters. The van der Waals surface area contributed by atoms with Crippen molar-refractivity contribution in [1.82, 2.24) is 24.4 Å². The Morgan fingerprint density at radius 2 is 2.14 bits per heavy atom. The van der Waals surface area contributed by atoms with Crippen molar-refractivity contribution in [3.8, 4) is 0 Å². The molecular formula is C18H21FN6O3. The molecule has 3 rings (SSSR count). The summed E-state index contributed by atoms with van der Waals surface area (Å²) >= 11 is 0. The van der Waals surface area contributed by atoms with E-state index in [0.717, 1.165) is 0 Å². The van der Waals surface area contributed by atoms with Crippen LogP contribution in [0.4, 0.5) is 10.3 Å². The molecule has 0 unspecified atom stereocenters. The third-order valence-corrected chi connectivity index (χ3v) is 4.22. The first-order valence-electron chi connectivity index (χ1n) is 8.79. The number of halogens is 1. The van der Waals surface area contributed by atoms with Crippen molar-refractivity contribution in [3.05, 3.63) is 41.3 Å². The highest BCUT2D eigenvalue weighted by Gasteiger charge is 2.23. The lowest BCUT2D eigenvalue weighted by Crippen LogP contribution is -2.21. The number of fused-ring (bicyclic) bond motifs is 1. The lowest BCUT2D eigenvalue weighted by molar-refractivity contribution is 0.0522. The topological polar surface area (TPSA) is 94.6 Å². The molecule has 0 aliphatic heterocycles. The second-order valence-corrected chi connectivity index (χ2v) is 6.21. The second-order valence-electron chi connectivity index (χ2n) is 6.21. The van der Waals surface area contributed by atoms with Crippen LogP contribution >= 0.6 is 0 Å². The van der Waals surface area contributed by atoms with Crippen LogP contribution in [0.2, 0.25) is 0 Å². The van der Waals surface area contributed by atoms with Crippen molar-refractivity contribution in [2.75, 3.05) is 31.8 Å². The summed E-state index contributed by atoms with van der Waals surface area (Å²) in [6, 6.07) is 3.48. The van der Waals surface area contributed by atoms with Crippen LogP contribution in [0.5, 0.6) is 0 Å². The molecule has 9 nitrogen and oxygen atoms in total. The fraction of sp³-hybridized carbons (Fsp3) is 0.389. The van der Waals surface area contributed by atoms with E-state index in [4.69, 9.17) is 4.74 Å². The molecule has 0 aliphatic carbocycles. The Labute approximate surface area is 160 Å². The van der Waals surface area contributed by atoms with E-state index in [-0.39, 0.29) is 36.6 Å². The van der Waals surface area contributed by atoms with Crippen molar-refractivity contribution in [1.29, 1.82) is 0 Å². The summed E-state index contributed by atoms with van der Waals surface area (Å²) in [6.45, 7) is 1.60. The van der Waals surface area contributed by atoms with Gasteiger partial charge in [0.1, 0.15) is 17.9 Å². The van der Waals surface area contributed by atoms with E-state index in [1.807, 2.05) is 0 Å². The first kappa shape index (κ1) is 19.5. The van der Waals surface area contributed by atoms with E-state index in [9.17, 15) is 14.0 Å². The molecule has 0 fully saturated rings. The lowest BCUT2D eigenvalue weighted by atomic mass is 10.1. The van der Waals surface area contributed by atoms with Crippen molar-refractivity contribution < 1.29 is 18.7 Å². The van der Waals surface area contributed by atoms with Gasteiger partial charge in [0.15, 0.2) is 11.4 Å². The van der Waals surface area contributed by atoms with Crippen LogP contribution in [0.25, 0.3) is 5.65 Å². The van der Waals surface area contributed by atoms with Crippen LogP contribution in [-0.2, 0) is 18.2 Å². The Bertz CT molecular complexity index is 1010. The first-order valence-corrected chi connectivity index (χ1v) is 8.79. The maximum atomic E-state index is 12.8. The van der Waals surface area contributed by atoms with Gasteiger partial charge in [-0.15, -0.1) is 5.10 Å². The van der Waals surface area contributed by atoms with Gasteiger partial charge in [-0.25, -0.2) is 13.7 Å². The van der Waals surface area contributed by atoms with Gasteiger partial charge in [0, 0.05) is 33.3 Å². The van der Waals surface area contributed by atoms with Crippen LogP contribution < -0.4 is 4.90 Å². The number of carbonyl (C=O) groups is 2. The molecule has 148 valence electrons. The molecule has 0 aromatic carbocycles. The van der Waals surface area contributed by atoms with Gasteiger partial charge in [0.05, 0.1) is 12.8 Å². The number of pyridine rings is 1. The molecule has 10 heteroatoms. The minimum Gasteiger partial charge on any atom is -0.462 e. The molecule has 0 saturated heterocycles. The number of hydrogen-bond donors (Lipinski definition) is 0. The molecule has 0 N–H and O–H groups in total. The van der Waals surface area contributed by atoms with Crippen LogP contribution in [0, 0.1) is 0 Å². The summed E-state index contributed by atoms with van der Waals surface area (Å²) in [6.07, 6.45) is 3.08. The van der Waals surface area contributed by atoms with Crippen molar-refractivity contribution in [3.63, 3.8) is 0 Å². The average molecular weight is 388 g/mol. The number of Topliss-reactive ketones (excluding diaryl/α,β-unsaturated/α-hetero) is 1. The van der Waals surface area contributed by atoms with Crippen LogP contribution in [-0.4, -0.2) is 63.0 Å². The zero-order valence-corrected chi connectivity index (χ0v) is 15.9. The van der Waals surface area contributed by atoms with Gasteiger partial charge in [-0.3, -0.25) is 9.48 Å². The van der Waals surface area contributed by atoms with Crippen molar-refractivity contribution >= 4 is 23.3 Å². The van der Waals surface area contributed by atoms with Gasteiger partial charge in [0.2, 0.25) is 5.95 Å². The minimum absolute atomic E-state index is 0.0605. The number of hydrogen-bond acceptors (Lipinski definition) is 7. The Hall–Kier alpha value is -3.30. The van der Waals surface area contributed by atoms with E-state index in [0.29, 0.717) is 17.2 Å². The largest absolute Gasteiger partial charge is 0.462 e. The molecule has 3 aromatic heterocycles. The highest BCUT2D eigenvalue weighted by Crippen LogP contribution is 2.16. The van der Waals surface area contributed by atoms with Gasteiger partial charge in [-0.2, -0.15) is 10.1 Å². The Morgan fingerprint density at radius 3 is 2.86 bits per heavy atom. The standard InChI is InChI=1S/C18H21FN6O3/c1-4-28-17(27)13-11-20-24(3)16(13)14(26)9-12-5-7-25-15(10-12)21-18(22-25)23(2)8-6-19/h5,7,10-11H,4,6,8-9H2,1-3H3. The quantitative estimate of drug-likeness (QED) is 0.426. The highest BCUT2D eigenvalue weighted by atomic mass is 19.1. The Kier molecular flexibility index (Phi) is 5.67. The van der Waals surface area contributed by atoms with Gasteiger partial charge in [0.25, 0.3) is 0 Å². The number of alkyl halides is 1. The third kappa shape index (κ3) is 3.85. The molecule has 0 saturated carbocycles. The number of ether oxygens (including phenoxy) is 1. The monoisotopic (exact) mass is 388 g/mol. The highest BCUT2D eigenvalue weighted by molar-refractivity contribution is 6.05. The number of rotatable bonds is 8. The summed E-state index contributed by atoms with van der Waals surface area (Å²) in [5.74, 6) is -0.438. The summed E-state index contributed by atoms with van der Waals surface area (Å²) in [7, 11) is 3.31. The molecule has 28 heavy (non-hydrogen) atoms. The molecule has 3 heterocycles. The van der Waals surface area contributed by atoms with Crippen LogP contribution in [0.3, 0.4) is 0 Å². The molecule has 3 aromatic rings. The molecule has 0 amide bonds. The van der Waals surface area contributed by atoms with Crippen molar-refractivity contribution in [2.24, 2.45) is 7.05 Å². The number of nitrogens with zero attached hydrogens (tertiary/aromatic N) is 6. The average Bonchev–Trinajstić information content (AvgIpc) is 3.25. The predicted molar refractivity (Wildman–Crippen MR) is 99.4 cm³/mol. The summed E-state index contributed by atoms with van der Waals surface area (Å²) in [5, 5.41) is 8.28. The maximum absolute atomic E-state index is 12.8. The van der Waals surface area contributed by atoms with Crippen LogP contribution in [0.15, 0.2) is 24.5 Å². The first-order chi connectivity index (χ1) is 13.4. The zero-order chi connectivity index (χ0) is 20.3. The smallest absolute Gasteiger partial charge is 0.342 e. The van der Waals surface area contributed by atoms with Gasteiger partial charge >= 0.3 is 5.97 Å². The number of anilines is 1. The molecule has 0 bridgehead atoms. The molecule has 0 aliphatic rings. The van der Waals surface area contributed by atoms with E-state index in [1.165, 1.54) is 10.9 Å². The summed E-state index contributed by atoms with van der Waals surface area (Å²) in [4.78, 5) is 30.8. The fourth-order valence-electron chi connectivity index (χ4n) is 2.81. The van der Waals surface area contributed by atoms with E-state index >= 15 is 0 Å². The Morgan fingerprint density at radius 1 is 1.36 bits per heavy atom. The SMILES string of the molecule is CCOC(=O)c1cnn(C)c1C(=O)Cc1ccn2nc(N(C)CCF)nc2c1. The molecular weight excluding hydrogens is 367 g/mol. The predicted octanol–water partition coefficient (Wildman–Crippen LogP) is 1.47. The van der Waals surface area contributed by atoms with Crippen LogP contribution in [0.1, 0.15) is 33.3 Å². The number of ketones is 1. The molecule has 0 spiro atoms. The zero-order valence-electron chi connectivity index (χ0n) is 15.9. The van der Waals surface area contributed by atoms with Gasteiger partial charge in [-0.05, 0) is 24.6 Å². The fourth-order valence-corrected chi connectivity index (χ4v) is 2.81.